The number of Topliss-reactive ketones (excluding diaryl/α,β-unsaturated/α-hetero) is 1. The van der Waals surface area contributed by atoms with Gasteiger partial charge in [-0.3, -0.25) is 9.78 Å². The highest BCUT2D eigenvalue weighted by molar-refractivity contribution is 5.92. The van der Waals surface area contributed by atoms with E-state index in [-0.39, 0.29) is 17.0 Å². The summed E-state index contributed by atoms with van der Waals surface area (Å²) in [6, 6.07) is 2.30. The molecule has 1 aromatic rings. The summed E-state index contributed by atoms with van der Waals surface area (Å²) in [6.07, 6.45) is -1.34. The quantitative estimate of drug-likeness (QED) is 0.638. The predicted molar refractivity (Wildman–Crippen MR) is 39.2 cm³/mol. The van der Waals surface area contributed by atoms with Gasteiger partial charge in [0, 0.05) is 18.7 Å². The van der Waals surface area contributed by atoms with Crippen molar-refractivity contribution in [2.24, 2.45) is 0 Å². The Balaban J connectivity index is 3.04. The molecule has 0 saturated carbocycles. The van der Waals surface area contributed by atoms with E-state index in [0.717, 1.165) is 6.07 Å². The predicted octanol–water partition coefficient (Wildman–Crippen LogP) is 2.22. The van der Waals surface area contributed by atoms with Crippen LogP contribution in [0.3, 0.4) is 0 Å². The third kappa shape index (κ3) is 1.84. The summed E-state index contributed by atoms with van der Waals surface area (Å²) < 4.78 is 24.1. The normalized spacial score (nSPS) is 10.3. The molecule has 12 heavy (non-hydrogen) atoms. The number of ketones is 1. The zero-order valence-corrected chi connectivity index (χ0v) is 6.42. The summed E-state index contributed by atoms with van der Waals surface area (Å²) in [6.45, 7) is 1.29. The van der Waals surface area contributed by atoms with Crippen LogP contribution in [0.1, 0.15) is 29.4 Å². The molecule has 4 heteroatoms. The number of alkyl halides is 2. The Labute approximate surface area is 68.2 Å². The van der Waals surface area contributed by atoms with Crippen LogP contribution in [0.4, 0.5) is 8.78 Å². The van der Waals surface area contributed by atoms with E-state index in [1.807, 2.05) is 0 Å². The smallest absolute Gasteiger partial charge is 0.263 e. The molecule has 0 atom stereocenters. The van der Waals surface area contributed by atoms with Gasteiger partial charge in [-0.15, -0.1) is 0 Å². The molecule has 0 aliphatic heterocycles. The molecule has 0 unspecified atom stereocenters. The summed E-state index contributed by atoms with van der Waals surface area (Å²) in [5, 5.41) is 0. The number of pyridine rings is 1. The molecule has 1 aromatic heterocycles. The highest BCUT2D eigenvalue weighted by Gasteiger charge is 2.09. The van der Waals surface area contributed by atoms with Crippen molar-refractivity contribution in [3.05, 3.63) is 29.6 Å². The lowest BCUT2D eigenvalue weighted by Crippen LogP contribution is -1.97. The molecule has 0 N–H and O–H groups in total. The Morgan fingerprint density at radius 2 is 2.25 bits per heavy atom. The first-order chi connectivity index (χ1) is 5.61. The van der Waals surface area contributed by atoms with Gasteiger partial charge in [0.2, 0.25) is 0 Å². The van der Waals surface area contributed by atoms with Crippen LogP contribution in [-0.4, -0.2) is 10.8 Å². The van der Waals surface area contributed by atoms with Crippen LogP contribution in [0, 0.1) is 0 Å². The van der Waals surface area contributed by atoms with E-state index in [1.54, 1.807) is 0 Å². The zero-order chi connectivity index (χ0) is 9.14. The summed E-state index contributed by atoms with van der Waals surface area (Å²) in [5.41, 5.74) is -0.0944. The number of halogens is 2. The van der Waals surface area contributed by atoms with E-state index in [1.165, 1.54) is 19.2 Å². The van der Waals surface area contributed by atoms with Gasteiger partial charge in [-0.05, 0) is 12.1 Å². The molecule has 0 radical (unpaired) electrons. The molecule has 1 heterocycles. The number of aromatic nitrogens is 1. The third-order valence-corrected chi connectivity index (χ3v) is 1.40. The summed E-state index contributed by atoms with van der Waals surface area (Å²) in [7, 11) is 0. The summed E-state index contributed by atoms with van der Waals surface area (Å²) >= 11 is 0. The Bertz CT molecular complexity index is 299. The van der Waals surface area contributed by atoms with E-state index in [9.17, 15) is 13.6 Å². The first-order valence-electron chi connectivity index (χ1n) is 3.36. The van der Waals surface area contributed by atoms with Gasteiger partial charge in [0.1, 0.15) is 5.69 Å². The molecular formula is C8H7F2NO. The van der Waals surface area contributed by atoms with Crippen molar-refractivity contribution in [1.82, 2.24) is 4.98 Å². The fraction of sp³-hybridized carbons (Fsp3) is 0.250. The number of nitrogens with zero attached hydrogens (tertiary/aromatic N) is 1. The average molecular weight is 171 g/mol. The summed E-state index contributed by atoms with van der Waals surface area (Å²) in [5.74, 6) is -0.308. The summed E-state index contributed by atoms with van der Waals surface area (Å²) in [4.78, 5) is 14.4. The third-order valence-electron chi connectivity index (χ3n) is 1.40. The first-order valence-corrected chi connectivity index (χ1v) is 3.36. The Kier molecular flexibility index (Phi) is 2.47. The second kappa shape index (κ2) is 3.38. The second-order valence-corrected chi connectivity index (χ2v) is 2.33. The number of rotatable bonds is 2. The van der Waals surface area contributed by atoms with E-state index < -0.39 is 6.43 Å². The van der Waals surface area contributed by atoms with Crippen molar-refractivity contribution in [2.75, 3.05) is 0 Å². The fourth-order valence-corrected chi connectivity index (χ4v) is 0.775. The molecule has 0 bridgehead atoms. The van der Waals surface area contributed by atoms with Gasteiger partial charge in [-0.1, -0.05) is 0 Å². The molecule has 1 rings (SSSR count). The largest absolute Gasteiger partial charge is 0.293 e. The molecule has 64 valence electrons. The van der Waals surface area contributed by atoms with Crippen LogP contribution in [-0.2, 0) is 0 Å². The maximum atomic E-state index is 12.1. The first kappa shape index (κ1) is 8.77. The van der Waals surface area contributed by atoms with Crippen LogP contribution in [0.25, 0.3) is 0 Å². The lowest BCUT2D eigenvalue weighted by molar-refractivity contribution is 0.101. The van der Waals surface area contributed by atoms with Crippen molar-refractivity contribution in [1.29, 1.82) is 0 Å². The SMILES string of the molecule is CC(=O)c1cc(C(F)F)ccn1. The Morgan fingerprint density at radius 3 is 2.75 bits per heavy atom. The minimum atomic E-state index is -2.55. The van der Waals surface area contributed by atoms with E-state index in [2.05, 4.69) is 4.98 Å². The minimum absolute atomic E-state index is 0.0767. The lowest BCUT2D eigenvalue weighted by atomic mass is 10.2. The van der Waals surface area contributed by atoms with Gasteiger partial charge >= 0.3 is 0 Å². The highest BCUT2D eigenvalue weighted by atomic mass is 19.3. The van der Waals surface area contributed by atoms with Crippen molar-refractivity contribution >= 4 is 5.78 Å². The molecule has 2 nitrogen and oxygen atoms in total. The van der Waals surface area contributed by atoms with Gasteiger partial charge in [-0.2, -0.15) is 0 Å². The molecular weight excluding hydrogens is 164 g/mol. The molecule has 0 saturated heterocycles. The number of carbonyl (C=O) groups excluding carboxylic acids is 1. The van der Waals surface area contributed by atoms with E-state index in [0.29, 0.717) is 0 Å². The number of hydrogen-bond donors (Lipinski definition) is 0. The highest BCUT2D eigenvalue weighted by Crippen LogP contribution is 2.18. The van der Waals surface area contributed by atoms with Gasteiger partial charge in [0.05, 0.1) is 0 Å². The Morgan fingerprint density at radius 1 is 1.58 bits per heavy atom. The van der Waals surface area contributed by atoms with Crippen molar-refractivity contribution in [3.8, 4) is 0 Å². The van der Waals surface area contributed by atoms with Crippen molar-refractivity contribution in [2.45, 2.75) is 13.3 Å². The maximum Gasteiger partial charge on any atom is 0.263 e. The van der Waals surface area contributed by atoms with Crippen molar-refractivity contribution in [3.63, 3.8) is 0 Å². The molecule has 0 aromatic carbocycles. The zero-order valence-electron chi connectivity index (χ0n) is 6.42. The topological polar surface area (TPSA) is 30.0 Å². The van der Waals surface area contributed by atoms with E-state index >= 15 is 0 Å². The minimum Gasteiger partial charge on any atom is -0.293 e. The van der Waals surface area contributed by atoms with Crippen LogP contribution in [0.2, 0.25) is 0 Å². The van der Waals surface area contributed by atoms with Gasteiger partial charge in [-0.25, -0.2) is 8.78 Å². The fourth-order valence-electron chi connectivity index (χ4n) is 0.775. The second-order valence-electron chi connectivity index (χ2n) is 2.33. The number of hydrogen-bond acceptors (Lipinski definition) is 2. The molecule has 0 aliphatic rings. The van der Waals surface area contributed by atoms with Crippen LogP contribution in [0.5, 0.6) is 0 Å². The molecule has 0 amide bonds. The van der Waals surface area contributed by atoms with E-state index in [4.69, 9.17) is 0 Å². The Hall–Kier alpha value is -1.32. The average Bonchev–Trinajstić information content (AvgIpc) is 2.04. The van der Waals surface area contributed by atoms with Crippen molar-refractivity contribution < 1.29 is 13.6 Å². The molecule has 0 aliphatic carbocycles. The van der Waals surface area contributed by atoms with Gasteiger partial charge in [0.25, 0.3) is 6.43 Å². The van der Waals surface area contributed by atoms with Gasteiger partial charge < -0.3 is 0 Å². The molecule has 0 fully saturated rings. The standard InChI is InChI=1S/C8H7F2NO/c1-5(12)7-4-6(8(9)10)2-3-11-7/h2-4,8H,1H3. The monoisotopic (exact) mass is 171 g/mol. The van der Waals surface area contributed by atoms with Gasteiger partial charge in [0.15, 0.2) is 5.78 Å². The van der Waals surface area contributed by atoms with Crippen LogP contribution in [0.15, 0.2) is 18.3 Å². The van der Waals surface area contributed by atoms with Crippen LogP contribution < -0.4 is 0 Å². The molecule has 0 spiro atoms. The lowest BCUT2D eigenvalue weighted by Gasteiger charge is -1.99. The number of carbonyl (C=O) groups is 1. The maximum absolute atomic E-state index is 12.1. The van der Waals surface area contributed by atoms with Crippen LogP contribution >= 0.6 is 0 Å².